The van der Waals surface area contributed by atoms with Crippen molar-refractivity contribution in [2.24, 2.45) is 0 Å². The highest BCUT2D eigenvalue weighted by Gasteiger charge is 2.16. The molecule has 0 N–H and O–H groups in total. The topological polar surface area (TPSA) is 53.0 Å². The summed E-state index contributed by atoms with van der Waals surface area (Å²) in [6.45, 7) is 1.56. The fourth-order valence-electron chi connectivity index (χ4n) is 1.19. The fraction of sp³-hybridized carbons (Fsp3) is 0.111. The Balaban J connectivity index is 2.55. The molecule has 72 valence electrons. The molecule has 5 heteroatoms. The lowest BCUT2D eigenvalue weighted by Gasteiger charge is -1.92. The van der Waals surface area contributed by atoms with Crippen molar-refractivity contribution in [2.75, 3.05) is 0 Å². The molecule has 0 fully saturated rings. The van der Waals surface area contributed by atoms with Crippen LogP contribution < -0.4 is 4.90 Å². The number of nitrogens with zero attached hydrogens (tertiary/aromatic N) is 2. The highest BCUT2D eigenvalue weighted by Crippen LogP contribution is 2.19. The van der Waals surface area contributed by atoms with E-state index >= 15 is 0 Å². The molecule has 1 aromatic carbocycles. The van der Waals surface area contributed by atoms with Crippen LogP contribution in [0.1, 0.15) is 5.69 Å². The lowest BCUT2D eigenvalue weighted by Crippen LogP contribution is -2.25. The number of hydrogen-bond donors (Lipinski definition) is 0. The molecule has 0 saturated carbocycles. The minimum atomic E-state index is -0.373. The normalized spacial score (nSPS) is 10.4. The van der Waals surface area contributed by atoms with Gasteiger partial charge in [-0.15, -0.1) is 0 Å². The molecule has 0 aliphatic rings. The first-order valence-corrected chi connectivity index (χ1v) is 4.01. The van der Waals surface area contributed by atoms with E-state index in [1.807, 2.05) is 0 Å². The Morgan fingerprint density at radius 1 is 1.50 bits per heavy atom. The molecule has 0 aliphatic carbocycles. The van der Waals surface area contributed by atoms with Crippen molar-refractivity contribution in [2.45, 2.75) is 6.92 Å². The van der Waals surface area contributed by atoms with Crippen molar-refractivity contribution in [1.82, 2.24) is 5.16 Å². The third-order valence-electron chi connectivity index (χ3n) is 1.92. The predicted octanol–water partition coefficient (Wildman–Crippen LogP) is 1.42. The molecule has 2 rings (SSSR count). The SMILES string of the molecule is Cc1c(-c2cccc(F)c2)no[n+]1[O-]. The molecule has 1 heterocycles. The van der Waals surface area contributed by atoms with Gasteiger partial charge in [0.25, 0.3) is 5.69 Å². The minimum absolute atomic E-state index is 0.292. The van der Waals surface area contributed by atoms with Gasteiger partial charge in [0, 0.05) is 17.6 Å². The summed E-state index contributed by atoms with van der Waals surface area (Å²) in [5.74, 6) is -0.373. The maximum absolute atomic E-state index is 12.8. The van der Waals surface area contributed by atoms with Crippen LogP contribution >= 0.6 is 0 Å². The summed E-state index contributed by atoms with van der Waals surface area (Å²) >= 11 is 0. The van der Waals surface area contributed by atoms with Crippen LogP contribution in [0.2, 0.25) is 0 Å². The van der Waals surface area contributed by atoms with Crippen molar-refractivity contribution in [3.8, 4) is 11.3 Å². The lowest BCUT2D eigenvalue weighted by molar-refractivity contribution is -0.806. The molecule has 14 heavy (non-hydrogen) atoms. The highest BCUT2D eigenvalue weighted by atomic mass is 19.1. The summed E-state index contributed by atoms with van der Waals surface area (Å²) in [7, 11) is 0. The van der Waals surface area contributed by atoms with Crippen molar-refractivity contribution in [3.63, 3.8) is 0 Å². The van der Waals surface area contributed by atoms with E-state index < -0.39 is 0 Å². The Bertz CT molecular complexity index is 468. The van der Waals surface area contributed by atoms with Crippen molar-refractivity contribution >= 4 is 0 Å². The van der Waals surface area contributed by atoms with E-state index in [4.69, 9.17) is 0 Å². The summed E-state index contributed by atoms with van der Waals surface area (Å²) in [5.41, 5.74) is 1.20. The first-order valence-electron chi connectivity index (χ1n) is 4.01. The second-order valence-electron chi connectivity index (χ2n) is 2.87. The molecule has 0 aliphatic heterocycles. The van der Waals surface area contributed by atoms with E-state index in [0.717, 1.165) is 0 Å². The maximum Gasteiger partial charge on any atom is 0.251 e. The van der Waals surface area contributed by atoms with E-state index in [-0.39, 0.29) is 5.82 Å². The smallest absolute Gasteiger partial charge is 0.251 e. The quantitative estimate of drug-likeness (QED) is 0.645. The Kier molecular flexibility index (Phi) is 1.92. The molecule has 0 radical (unpaired) electrons. The molecule has 2 aromatic rings. The second-order valence-corrected chi connectivity index (χ2v) is 2.87. The molecule has 4 nitrogen and oxygen atoms in total. The van der Waals surface area contributed by atoms with E-state index in [2.05, 4.69) is 9.79 Å². The van der Waals surface area contributed by atoms with Crippen LogP contribution in [0.4, 0.5) is 4.39 Å². The summed E-state index contributed by atoms with van der Waals surface area (Å²) in [5, 5.41) is 14.4. The van der Waals surface area contributed by atoms with Gasteiger partial charge >= 0.3 is 0 Å². The van der Waals surface area contributed by atoms with Crippen LogP contribution in [0.3, 0.4) is 0 Å². The highest BCUT2D eigenvalue weighted by molar-refractivity contribution is 5.59. The molecule has 1 aromatic heterocycles. The van der Waals surface area contributed by atoms with Gasteiger partial charge < -0.3 is 5.21 Å². The van der Waals surface area contributed by atoms with Gasteiger partial charge in [0.2, 0.25) is 5.69 Å². The number of halogens is 1. The standard InChI is InChI=1S/C9H7FN2O2/c1-6-9(11-14-12(6)13)7-3-2-4-8(10)5-7/h2-5H,1H3. The second kappa shape index (κ2) is 3.10. The van der Waals surface area contributed by atoms with Gasteiger partial charge in [-0.2, -0.15) is 0 Å². The first-order chi connectivity index (χ1) is 6.68. The average molecular weight is 194 g/mol. The van der Waals surface area contributed by atoms with Crippen LogP contribution in [0.15, 0.2) is 28.9 Å². The van der Waals surface area contributed by atoms with Crippen molar-refractivity contribution in [1.29, 1.82) is 0 Å². The number of benzene rings is 1. The van der Waals surface area contributed by atoms with E-state index in [9.17, 15) is 9.60 Å². The monoisotopic (exact) mass is 194 g/mol. The maximum atomic E-state index is 12.8. The van der Waals surface area contributed by atoms with Crippen molar-refractivity contribution in [3.05, 3.63) is 41.0 Å². The van der Waals surface area contributed by atoms with Gasteiger partial charge in [0.15, 0.2) is 0 Å². The third-order valence-corrected chi connectivity index (χ3v) is 1.92. The van der Waals surface area contributed by atoms with Crippen LogP contribution in [0.25, 0.3) is 11.3 Å². The zero-order chi connectivity index (χ0) is 10.1. The van der Waals surface area contributed by atoms with Gasteiger partial charge in [-0.1, -0.05) is 12.1 Å². The van der Waals surface area contributed by atoms with E-state index in [1.54, 1.807) is 19.1 Å². The van der Waals surface area contributed by atoms with Crippen LogP contribution in [0.5, 0.6) is 0 Å². The predicted molar refractivity (Wildman–Crippen MR) is 45.6 cm³/mol. The van der Waals surface area contributed by atoms with Gasteiger partial charge in [0.1, 0.15) is 5.82 Å². The molecule has 0 saturated heterocycles. The molecule has 0 bridgehead atoms. The number of hydrogen-bond acceptors (Lipinski definition) is 3. The summed E-state index contributed by atoms with van der Waals surface area (Å²) in [6.07, 6.45) is 0. The first kappa shape index (κ1) is 8.68. The van der Waals surface area contributed by atoms with Crippen LogP contribution in [-0.2, 0) is 0 Å². The zero-order valence-electron chi connectivity index (χ0n) is 7.40. The Hall–Kier alpha value is -1.91. The van der Waals surface area contributed by atoms with Gasteiger partial charge in [-0.05, 0) is 17.0 Å². The average Bonchev–Trinajstić information content (AvgIpc) is 2.48. The molecule has 0 unspecified atom stereocenters. The number of rotatable bonds is 1. The summed E-state index contributed by atoms with van der Waals surface area (Å²) in [4.78, 5) is 0.292. The Labute approximate surface area is 79.1 Å². The summed E-state index contributed by atoms with van der Waals surface area (Å²) in [6, 6.07) is 5.83. The molecule has 0 atom stereocenters. The van der Waals surface area contributed by atoms with Gasteiger partial charge in [-0.25, -0.2) is 4.39 Å². The van der Waals surface area contributed by atoms with E-state index in [1.165, 1.54) is 12.1 Å². The fourth-order valence-corrected chi connectivity index (χ4v) is 1.19. The van der Waals surface area contributed by atoms with Crippen molar-refractivity contribution < 1.29 is 13.9 Å². The third kappa shape index (κ3) is 1.32. The van der Waals surface area contributed by atoms with Crippen LogP contribution in [-0.4, -0.2) is 5.16 Å². The zero-order valence-corrected chi connectivity index (χ0v) is 7.40. The molecule has 0 amide bonds. The van der Waals surface area contributed by atoms with Gasteiger partial charge in [0.05, 0.1) is 0 Å². The Morgan fingerprint density at radius 3 is 2.86 bits per heavy atom. The van der Waals surface area contributed by atoms with Gasteiger partial charge in [-0.3, -0.25) is 4.63 Å². The Morgan fingerprint density at radius 2 is 2.29 bits per heavy atom. The lowest BCUT2D eigenvalue weighted by atomic mass is 10.1. The van der Waals surface area contributed by atoms with Crippen LogP contribution in [0, 0.1) is 17.9 Å². The minimum Gasteiger partial charge on any atom is -0.359 e. The summed E-state index contributed by atoms with van der Waals surface area (Å²) < 4.78 is 17.2. The molecular formula is C9H7FN2O2. The number of aromatic nitrogens is 2. The van der Waals surface area contributed by atoms with E-state index in [0.29, 0.717) is 21.9 Å². The molecule has 0 spiro atoms. The molecular weight excluding hydrogens is 187 g/mol. The largest absolute Gasteiger partial charge is 0.359 e.